The van der Waals surface area contributed by atoms with Crippen molar-refractivity contribution in [2.24, 2.45) is 0 Å². The van der Waals surface area contributed by atoms with Gasteiger partial charge in [0.25, 0.3) is 0 Å². The van der Waals surface area contributed by atoms with Gasteiger partial charge in [-0.25, -0.2) is 24.9 Å². The second-order valence-corrected chi connectivity index (χ2v) is 13.3. The minimum Gasteiger partial charge on any atom is -0.456 e. The summed E-state index contributed by atoms with van der Waals surface area (Å²) in [4.78, 5) is 25.4. The van der Waals surface area contributed by atoms with Crippen molar-refractivity contribution in [2.45, 2.75) is 0 Å². The summed E-state index contributed by atoms with van der Waals surface area (Å²) in [5.41, 5.74) is 10.9. The standard InChI is InChI=1S/C49H31N5O/c1-5-15-32(16-6-1)42-31-43(51-46(50-42)33-17-7-2-8-18-33)40-30-37(25-27-38(40)36-26-28-45-41(29-36)39-23-13-14-24-44(39)55-45)49-53-47(34-19-9-3-10-20-34)52-48(54-49)35-21-11-4-12-22-35/h1-31H. The van der Waals surface area contributed by atoms with Crippen LogP contribution in [0.1, 0.15) is 0 Å². The Labute approximate surface area is 317 Å². The van der Waals surface area contributed by atoms with Gasteiger partial charge in [-0.1, -0.05) is 158 Å². The first-order chi connectivity index (χ1) is 27.2. The van der Waals surface area contributed by atoms with E-state index in [4.69, 9.17) is 29.3 Å². The monoisotopic (exact) mass is 705 g/mol. The van der Waals surface area contributed by atoms with Gasteiger partial charge in [0.05, 0.1) is 11.4 Å². The van der Waals surface area contributed by atoms with Crippen LogP contribution < -0.4 is 0 Å². The highest BCUT2D eigenvalue weighted by molar-refractivity contribution is 6.06. The first kappa shape index (κ1) is 32.1. The van der Waals surface area contributed by atoms with Crippen LogP contribution in [0.3, 0.4) is 0 Å². The van der Waals surface area contributed by atoms with Crippen LogP contribution in [0.4, 0.5) is 0 Å². The van der Waals surface area contributed by atoms with Crippen molar-refractivity contribution >= 4 is 21.9 Å². The van der Waals surface area contributed by atoms with Crippen molar-refractivity contribution in [3.63, 3.8) is 0 Å². The van der Waals surface area contributed by atoms with Crippen LogP contribution in [0.15, 0.2) is 192 Å². The van der Waals surface area contributed by atoms with E-state index in [0.717, 1.165) is 77.8 Å². The van der Waals surface area contributed by atoms with Crippen LogP contribution >= 0.6 is 0 Å². The molecule has 0 unspecified atom stereocenters. The first-order valence-electron chi connectivity index (χ1n) is 18.2. The van der Waals surface area contributed by atoms with Gasteiger partial charge in [0, 0.05) is 44.2 Å². The lowest BCUT2D eigenvalue weighted by Crippen LogP contribution is -2.01. The molecule has 0 saturated heterocycles. The fourth-order valence-electron chi connectivity index (χ4n) is 7.04. The zero-order chi connectivity index (χ0) is 36.6. The van der Waals surface area contributed by atoms with Gasteiger partial charge in [-0.05, 0) is 41.5 Å². The molecule has 0 amide bonds. The summed E-state index contributed by atoms with van der Waals surface area (Å²) in [5, 5.41) is 2.13. The highest BCUT2D eigenvalue weighted by Gasteiger charge is 2.19. The maximum absolute atomic E-state index is 6.22. The van der Waals surface area contributed by atoms with Crippen LogP contribution in [0.25, 0.3) is 101 Å². The topological polar surface area (TPSA) is 77.6 Å². The molecule has 55 heavy (non-hydrogen) atoms. The predicted octanol–water partition coefficient (Wildman–Crippen LogP) is 12.2. The maximum Gasteiger partial charge on any atom is 0.164 e. The van der Waals surface area contributed by atoms with Gasteiger partial charge in [0.1, 0.15) is 11.2 Å². The van der Waals surface area contributed by atoms with Crippen molar-refractivity contribution in [2.75, 3.05) is 0 Å². The van der Waals surface area contributed by atoms with Gasteiger partial charge in [0.2, 0.25) is 0 Å². The Balaban J connectivity index is 1.23. The number of para-hydroxylation sites is 1. The molecule has 3 aromatic heterocycles. The quantitative estimate of drug-likeness (QED) is 0.164. The van der Waals surface area contributed by atoms with Crippen molar-refractivity contribution in [3.05, 3.63) is 188 Å². The summed E-state index contributed by atoms with van der Waals surface area (Å²) in [6.45, 7) is 0. The molecule has 0 bridgehead atoms. The molecular formula is C49H31N5O. The largest absolute Gasteiger partial charge is 0.456 e. The minimum absolute atomic E-state index is 0.567. The van der Waals surface area contributed by atoms with Gasteiger partial charge >= 0.3 is 0 Å². The smallest absolute Gasteiger partial charge is 0.164 e. The van der Waals surface area contributed by atoms with Crippen LogP contribution in [0, 0.1) is 0 Å². The highest BCUT2D eigenvalue weighted by Crippen LogP contribution is 2.39. The van der Waals surface area contributed by atoms with Crippen molar-refractivity contribution in [3.8, 4) is 79.2 Å². The molecule has 0 atom stereocenters. The fraction of sp³-hybridized carbons (Fsp3) is 0. The number of benzene rings is 7. The van der Waals surface area contributed by atoms with Crippen molar-refractivity contribution in [1.82, 2.24) is 24.9 Å². The minimum atomic E-state index is 0.567. The third-order valence-corrected chi connectivity index (χ3v) is 9.77. The SMILES string of the molecule is c1ccc(-c2cc(-c3cc(-c4nc(-c5ccccc5)nc(-c5ccccc5)n4)ccc3-c3ccc4oc5ccccc5c4c3)nc(-c3ccccc3)n2)cc1. The first-order valence-corrected chi connectivity index (χ1v) is 18.2. The number of rotatable bonds is 7. The maximum atomic E-state index is 6.22. The zero-order valence-electron chi connectivity index (χ0n) is 29.5. The Hall–Kier alpha value is -7.57. The molecule has 0 aliphatic rings. The van der Waals surface area contributed by atoms with E-state index in [2.05, 4.69) is 60.7 Å². The van der Waals surface area contributed by atoms with E-state index in [1.165, 1.54) is 0 Å². The van der Waals surface area contributed by atoms with E-state index in [1.807, 2.05) is 127 Å². The predicted molar refractivity (Wildman–Crippen MR) is 221 cm³/mol. The van der Waals surface area contributed by atoms with Crippen LogP contribution in [0.2, 0.25) is 0 Å². The number of nitrogens with zero attached hydrogens (tertiary/aromatic N) is 5. The molecule has 0 saturated carbocycles. The van der Waals surface area contributed by atoms with Gasteiger partial charge < -0.3 is 4.42 Å². The van der Waals surface area contributed by atoms with Crippen molar-refractivity contribution in [1.29, 1.82) is 0 Å². The van der Waals surface area contributed by atoms with E-state index in [0.29, 0.717) is 23.3 Å². The molecular weight excluding hydrogens is 675 g/mol. The summed E-state index contributed by atoms with van der Waals surface area (Å²) < 4.78 is 6.22. The number of hydrogen-bond acceptors (Lipinski definition) is 6. The van der Waals surface area contributed by atoms with E-state index in [-0.39, 0.29) is 0 Å². The van der Waals surface area contributed by atoms with E-state index in [1.54, 1.807) is 0 Å². The molecule has 6 nitrogen and oxygen atoms in total. The van der Waals surface area contributed by atoms with Gasteiger partial charge in [-0.2, -0.15) is 0 Å². The number of furan rings is 1. The summed E-state index contributed by atoms with van der Waals surface area (Å²) in [6.07, 6.45) is 0. The Morgan fingerprint density at radius 2 is 0.745 bits per heavy atom. The number of aromatic nitrogens is 5. The molecule has 10 aromatic rings. The van der Waals surface area contributed by atoms with E-state index in [9.17, 15) is 0 Å². The Morgan fingerprint density at radius 3 is 1.36 bits per heavy atom. The van der Waals surface area contributed by atoms with Crippen LogP contribution in [0.5, 0.6) is 0 Å². The lowest BCUT2D eigenvalue weighted by molar-refractivity contribution is 0.669. The molecule has 0 N–H and O–H groups in total. The zero-order valence-corrected chi connectivity index (χ0v) is 29.5. The highest BCUT2D eigenvalue weighted by atomic mass is 16.3. The van der Waals surface area contributed by atoms with Crippen LogP contribution in [-0.4, -0.2) is 24.9 Å². The molecule has 258 valence electrons. The average molecular weight is 706 g/mol. The lowest BCUT2D eigenvalue weighted by atomic mass is 9.93. The molecule has 3 heterocycles. The molecule has 0 fully saturated rings. The number of fused-ring (bicyclic) bond motifs is 3. The number of hydrogen-bond donors (Lipinski definition) is 0. The van der Waals surface area contributed by atoms with Crippen molar-refractivity contribution < 1.29 is 4.42 Å². The Kier molecular flexibility index (Phi) is 8.04. The summed E-state index contributed by atoms with van der Waals surface area (Å²) in [6, 6.07) is 63.4. The normalized spacial score (nSPS) is 11.3. The van der Waals surface area contributed by atoms with Gasteiger partial charge in [-0.3, -0.25) is 0 Å². The van der Waals surface area contributed by atoms with Gasteiger partial charge in [0.15, 0.2) is 23.3 Å². The molecule has 0 aliphatic heterocycles. The van der Waals surface area contributed by atoms with Crippen LogP contribution in [-0.2, 0) is 0 Å². The molecule has 6 heteroatoms. The van der Waals surface area contributed by atoms with Gasteiger partial charge in [-0.15, -0.1) is 0 Å². The molecule has 7 aromatic carbocycles. The van der Waals surface area contributed by atoms with E-state index < -0.39 is 0 Å². The summed E-state index contributed by atoms with van der Waals surface area (Å²) >= 11 is 0. The molecule has 0 aliphatic carbocycles. The molecule has 10 rings (SSSR count). The third-order valence-electron chi connectivity index (χ3n) is 9.77. The fourth-order valence-corrected chi connectivity index (χ4v) is 7.04. The second kappa shape index (κ2) is 13.8. The van der Waals surface area contributed by atoms with E-state index >= 15 is 0 Å². The lowest BCUT2D eigenvalue weighted by Gasteiger charge is -2.15. The Morgan fingerprint density at radius 1 is 0.273 bits per heavy atom. The molecule has 0 spiro atoms. The molecule has 0 radical (unpaired) electrons. The second-order valence-electron chi connectivity index (χ2n) is 13.3. The Bertz CT molecular complexity index is 2850. The average Bonchev–Trinajstić information content (AvgIpc) is 3.65. The third kappa shape index (κ3) is 6.22. The summed E-state index contributed by atoms with van der Waals surface area (Å²) in [5.74, 6) is 2.42. The summed E-state index contributed by atoms with van der Waals surface area (Å²) in [7, 11) is 0.